The van der Waals surface area contributed by atoms with Gasteiger partial charge >= 0.3 is 6.03 Å². The zero-order valence-electron chi connectivity index (χ0n) is 10.3. The monoisotopic (exact) mass is 257 g/mol. The summed E-state index contributed by atoms with van der Waals surface area (Å²) in [5.74, 6) is 0. The SMILES string of the molecule is O=C(NCc1ccc(CO)cc1)Nc1ccncc1. The van der Waals surface area contributed by atoms with Crippen LogP contribution in [0.5, 0.6) is 0 Å². The van der Waals surface area contributed by atoms with Crippen LogP contribution in [0.4, 0.5) is 10.5 Å². The molecule has 2 rings (SSSR count). The number of benzene rings is 1. The summed E-state index contributed by atoms with van der Waals surface area (Å²) < 4.78 is 0. The van der Waals surface area contributed by atoms with E-state index >= 15 is 0 Å². The van der Waals surface area contributed by atoms with E-state index in [1.165, 1.54) is 0 Å². The van der Waals surface area contributed by atoms with Crippen molar-refractivity contribution in [3.63, 3.8) is 0 Å². The molecule has 0 saturated heterocycles. The number of aromatic nitrogens is 1. The predicted octanol–water partition coefficient (Wildman–Crippen LogP) is 1.90. The van der Waals surface area contributed by atoms with Gasteiger partial charge in [-0.1, -0.05) is 24.3 Å². The van der Waals surface area contributed by atoms with Crippen LogP contribution in [0.2, 0.25) is 0 Å². The highest BCUT2D eigenvalue weighted by atomic mass is 16.3. The van der Waals surface area contributed by atoms with Crippen molar-refractivity contribution in [1.29, 1.82) is 0 Å². The Hall–Kier alpha value is -2.40. The third-order valence-corrected chi connectivity index (χ3v) is 2.60. The van der Waals surface area contributed by atoms with Gasteiger partial charge in [0.1, 0.15) is 0 Å². The van der Waals surface area contributed by atoms with Crippen LogP contribution in [0.3, 0.4) is 0 Å². The van der Waals surface area contributed by atoms with Crippen molar-refractivity contribution in [3.05, 3.63) is 59.9 Å². The number of pyridine rings is 1. The molecule has 0 spiro atoms. The van der Waals surface area contributed by atoms with Crippen molar-refractivity contribution in [2.75, 3.05) is 5.32 Å². The van der Waals surface area contributed by atoms with Crippen molar-refractivity contribution in [3.8, 4) is 0 Å². The summed E-state index contributed by atoms with van der Waals surface area (Å²) in [5.41, 5.74) is 2.52. The largest absolute Gasteiger partial charge is 0.392 e. The van der Waals surface area contributed by atoms with E-state index in [2.05, 4.69) is 15.6 Å². The van der Waals surface area contributed by atoms with Crippen molar-refractivity contribution >= 4 is 11.7 Å². The van der Waals surface area contributed by atoms with Crippen LogP contribution in [-0.4, -0.2) is 16.1 Å². The molecule has 0 aliphatic rings. The summed E-state index contributed by atoms with van der Waals surface area (Å²) >= 11 is 0. The normalized spacial score (nSPS) is 9.95. The molecule has 0 aliphatic heterocycles. The molecule has 0 unspecified atom stereocenters. The number of rotatable bonds is 4. The van der Waals surface area contributed by atoms with Gasteiger partial charge in [-0.25, -0.2) is 4.79 Å². The Morgan fingerprint density at radius 3 is 2.32 bits per heavy atom. The van der Waals surface area contributed by atoms with Gasteiger partial charge in [0, 0.05) is 24.6 Å². The molecule has 1 aromatic heterocycles. The molecule has 2 aromatic rings. The van der Waals surface area contributed by atoms with Crippen LogP contribution < -0.4 is 10.6 Å². The minimum atomic E-state index is -0.266. The molecule has 0 radical (unpaired) electrons. The van der Waals surface area contributed by atoms with Gasteiger partial charge in [-0.3, -0.25) is 4.98 Å². The maximum atomic E-state index is 11.6. The van der Waals surface area contributed by atoms with Gasteiger partial charge in [-0.05, 0) is 23.3 Å². The first kappa shape index (κ1) is 13.0. The third kappa shape index (κ3) is 4.08. The Kier molecular flexibility index (Phi) is 4.47. The third-order valence-electron chi connectivity index (χ3n) is 2.60. The summed E-state index contributed by atoms with van der Waals surface area (Å²) in [4.78, 5) is 15.5. The van der Waals surface area contributed by atoms with Crippen LogP contribution in [0.25, 0.3) is 0 Å². The number of aliphatic hydroxyl groups excluding tert-OH is 1. The number of carbonyl (C=O) groups excluding carboxylic acids is 1. The summed E-state index contributed by atoms with van der Waals surface area (Å²) in [6, 6.07) is 10.6. The molecule has 0 fully saturated rings. The van der Waals surface area contributed by atoms with E-state index in [1.807, 2.05) is 24.3 Å². The zero-order chi connectivity index (χ0) is 13.5. The number of amides is 2. The molecule has 5 nitrogen and oxygen atoms in total. The molecule has 5 heteroatoms. The van der Waals surface area contributed by atoms with Gasteiger partial charge in [0.25, 0.3) is 0 Å². The lowest BCUT2D eigenvalue weighted by Crippen LogP contribution is -2.28. The van der Waals surface area contributed by atoms with E-state index in [0.29, 0.717) is 12.2 Å². The highest BCUT2D eigenvalue weighted by molar-refractivity contribution is 5.88. The van der Waals surface area contributed by atoms with Crippen LogP contribution in [0.15, 0.2) is 48.8 Å². The molecule has 98 valence electrons. The minimum Gasteiger partial charge on any atom is -0.392 e. The Morgan fingerprint density at radius 2 is 1.68 bits per heavy atom. The summed E-state index contributed by atoms with van der Waals surface area (Å²) in [6.07, 6.45) is 3.23. The molecule has 19 heavy (non-hydrogen) atoms. The van der Waals surface area contributed by atoms with E-state index in [0.717, 1.165) is 11.1 Å². The molecule has 1 heterocycles. The average molecular weight is 257 g/mol. The van der Waals surface area contributed by atoms with Crippen LogP contribution in [0, 0.1) is 0 Å². The van der Waals surface area contributed by atoms with Crippen LogP contribution in [-0.2, 0) is 13.2 Å². The smallest absolute Gasteiger partial charge is 0.319 e. The van der Waals surface area contributed by atoms with E-state index < -0.39 is 0 Å². The molecular formula is C14H15N3O2. The summed E-state index contributed by atoms with van der Waals surface area (Å²) in [5, 5.41) is 14.4. The first-order chi connectivity index (χ1) is 9.28. The zero-order valence-corrected chi connectivity index (χ0v) is 10.3. The summed E-state index contributed by atoms with van der Waals surface area (Å²) in [6.45, 7) is 0.457. The predicted molar refractivity (Wildman–Crippen MR) is 72.5 cm³/mol. The Labute approximate surface area is 111 Å². The van der Waals surface area contributed by atoms with Gasteiger partial charge in [0.15, 0.2) is 0 Å². The first-order valence-electron chi connectivity index (χ1n) is 5.91. The Morgan fingerprint density at radius 1 is 1.05 bits per heavy atom. The van der Waals surface area contributed by atoms with Gasteiger partial charge in [-0.2, -0.15) is 0 Å². The number of urea groups is 1. The maximum absolute atomic E-state index is 11.6. The second kappa shape index (κ2) is 6.51. The highest BCUT2D eigenvalue weighted by Crippen LogP contribution is 2.05. The van der Waals surface area contributed by atoms with Crippen molar-refractivity contribution in [2.24, 2.45) is 0 Å². The first-order valence-corrected chi connectivity index (χ1v) is 5.91. The fourth-order valence-electron chi connectivity index (χ4n) is 1.56. The van der Waals surface area contributed by atoms with Gasteiger partial charge < -0.3 is 15.7 Å². The standard InChI is InChI=1S/C14H15N3O2/c18-10-12-3-1-11(2-4-12)9-16-14(19)17-13-5-7-15-8-6-13/h1-8,18H,9-10H2,(H2,15,16,17,19). The number of hydrogen-bond acceptors (Lipinski definition) is 3. The van der Waals surface area contributed by atoms with Gasteiger partial charge in [-0.15, -0.1) is 0 Å². The molecule has 2 amide bonds. The fourth-order valence-corrected chi connectivity index (χ4v) is 1.56. The maximum Gasteiger partial charge on any atom is 0.319 e. The lowest BCUT2D eigenvalue weighted by Gasteiger charge is -2.07. The van der Waals surface area contributed by atoms with E-state index in [1.54, 1.807) is 24.5 Å². The number of carbonyl (C=O) groups is 1. The van der Waals surface area contributed by atoms with Crippen LogP contribution in [0.1, 0.15) is 11.1 Å². The Bertz CT molecular complexity index is 526. The second-order valence-corrected chi connectivity index (χ2v) is 4.02. The Balaban J connectivity index is 1.83. The fraction of sp³-hybridized carbons (Fsp3) is 0.143. The molecular weight excluding hydrogens is 242 g/mol. The average Bonchev–Trinajstić information content (AvgIpc) is 2.47. The molecule has 3 N–H and O–H groups in total. The van der Waals surface area contributed by atoms with Gasteiger partial charge in [0.2, 0.25) is 0 Å². The topological polar surface area (TPSA) is 74.2 Å². The van der Waals surface area contributed by atoms with E-state index in [-0.39, 0.29) is 12.6 Å². The number of nitrogens with zero attached hydrogens (tertiary/aromatic N) is 1. The molecule has 0 atom stereocenters. The van der Waals surface area contributed by atoms with Crippen molar-refractivity contribution in [2.45, 2.75) is 13.2 Å². The van der Waals surface area contributed by atoms with E-state index in [4.69, 9.17) is 5.11 Å². The quantitative estimate of drug-likeness (QED) is 0.783. The van der Waals surface area contributed by atoms with Gasteiger partial charge in [0.05, 0.1) is 6.61 Å². The van der Waals surface area contributed by atoms with E-state index in [9.17, 15) is 4.79 Å². The molecule has 1 aromatic carbocycles. The second-order valence-electron chi connectivity index (χ2n) is 4.02. The lowest BCUT2D eigenvalue weighted by atomic mass is 10.1. The number of anilines is 1. The highest BCUT2D eigenvalue weighted by Gasteiger charge is 2.01. The molecule has 0 bridgehead atoms. The lowest BCUT2D eigenvalue weighted by molar-refractivity contribution is 0.251. The van der Waals surface area contributed by atoms with Crippen LogP contribution >= 0.6 is 0 Å². The number of hydrogen-bond donors (Lipinski definition) is 3. The molecule has 0 aliphatic carbocycles. The minimum absolute atomic E-state index is 0.0240. The number of aliphatic hydroxyl groups is 1. The summed E-state index contributed by atoms with van der Waals surface area (Å²) in [7, 11) is 0. The van der Waals surface area contributed by atoms with Crippen molar-refractivity contribution in [1.82, 2.24) is 10.3 Å². The van der Waals surface area contributed by atoms with Crippen molar-refractivity contribution < 1.29 is 9.90 Å². The number of nitrogens with one attached hydrogen (secondary N) is 2. The molecule has 0 saturated carbocycles.